The van der Waals surface area contributed by atoms with Crippen LogP contribution in [0.15, 0.2) is 24.3 Å². The van der Waals surface area contributed by atoms with Crippen molar-refractivity contribution < 1.29 is 14.3 Å². The molecule has 0 radical (unpaired) electrons. The van der Waals surface area contributed by atoms with Crippen LogP contribution in [0.25, 0.3) is 0 Å². The molecule has 6 heteroatoms. The highest BCUT2D eigenvalue weighted by molar-refractivity contribution is 6.32. The van der Waals surface area contributed by atoms with Crippen molar-refractivity contribution in [2.75, 3.05) is 32.6 Å². The van der Waals surface area contributed by atoms with Crippen molar-refractivity contribution in [2.45, 2.75) is 13.8 Å². The second-order valence-corrected chi connectivity index (χ2v) is 5.00. The van der Waals surface area contributed by atoms with Crippen LogP contribution < -0.4 is 14.8 Å². The largest absolute Gasteiger partial charge is 0.495 e. The molecule has 0 unspecified atom stereocenters. The molecule has 0 aliphatic rings. The number of hydrogen-bond acceptors (Lipinski definition) is 3. The lowest BCUT2D eigenvalue weighted by atomic mass is 10.2. The Hall–Kier alpha value is -1.88. The maximum absolute atomic E-state index is 12.3. The van der Waals surface area contributed by atoms with Crippen molar-refractivity contribution in [3.8, 4) is 11.5 Å². The van der Waals surface area contributed by atoms with Gasteiger partial charge in [-0.15, -0.1) is 0 Å². The Balaban J connectivity index is 2.98. The number of likely N-dealkylation sites (N-methyl/N-ethyl adjacent to an activating group) is 1. The van der Waals surface area contributed by atoms with Crippen LogP contribution in [0.2, 0.25) is 5.02 Å². The number of anilines is 1. The summed E-state index contributed by atoms with van der Waals surface area (Å²) in [6.07, 6.45) is 0. The van der Waals surface area contributed by atoms with E-state index in [2.05, 4.69) is 11.9 Å². The number of hydrogen-bond donors (Lipinski definition) is 1. The van der Waals surface area contributed by atoms with Crippen molar-refractivity contribution in [1.82, 2.24) is 4.90 Å². The monoisotopic (exact) mass is 312 g/mol. The number of ether oxygens (including phenoxy) is 2. The van der Waals surface area contributed by atoms with Crippen molar-refractivity contribution in [1.29, 1.82) is 0 Å². The molecule has 1 rings (SSSR count). The predicted octanol–water partition coefficient (Wildman–Crippen LogP) is 3.79. The van der Waals surface area contributed by atoms with Gasteiger partial charge in [-0.1, -0.05) is 23.8 Å². The summed E-state index contributed by atoms with van der Waals surface area (Å²) >= 11 is 6.08. The summed E-state index contributed by atoms with van der Waals surface area (Å²) in [5.41, 5.74) is 1.40. The lowest BCUT2D eigenvalue weighted by Crippen LogP contribution is -2.35. The summed E-state index contributed by atoms with van der Waals surface area (Å²) in [4.78, 5) is 13.9. The van der Waals surface area contributed by atoms with E-state index in [0.29, 0.717) is 35.3 Å². The minimum atomic E-state index is -0.236. The second kappa shape index (κ2) is 7.78. The minimum Gasteiger partial charge on any atom is -0.495 e. The molecule has 1 aromatic rings. The molecule has 0 aliphatic carbocycles. The van der Waals surface area contributed by atoms with Crippen LogP contribution in [0.3, 0.4) is 0 Å². The first kappa shape index (κ1) is 17.2. The van der Waals surface area contributed by atoms with E-state index in [0.717, 1.165) is 5.57 Å². The molecule has 0 saturated heterocycles. The van der Waals surface area contributed by atoms with E-state index in [-0.39, 0.29) is 6.03 Å². The van der Waals surface area contributed by atoms with E-state index in [4.69, 9.17) is 21.1 Å². The number of halogens is 1. The number of carbonyl (C=O) groups is 1. The quantitative estimate of drug-likeness (QED) is 0.813. The predicted molar refractivity (Wildman–Crippen MR) is 85.6 cm³/mol. The molecule has 21 heavy (non-hydrogen) atoms. The van der Waals surface area contributed by atoms with Crippen LogP contribution in [-0.2, 0) is 0 Å². The summed E-state index contributed by atoms with van der Waals surface area (Å²) in [5.74, 6) is 0.969. The standard InChI is InChI=1S/C15H21ClN2O3/c1-6-18(9-10(2)3)15(19)17-12-7-11(16)13(20-4)8-14(12)21-5/h7-8H,2,6,9H2,1,3-5H3,(H,17,19). The molecule has 0 heterocycles. The Kier molecular flexibility index (Phi) is 6.37. The molecule has 1 N–H and O–H groups in total. The van der Waals surface area contributed by atoms with Crippen molar-refractivity contribution in [2.24, 2.45) is 0 Å². The van der Waals surface area contributed by atoms with E-state index in [1.165, 1.54) is 14.2 Å². The summed E-state index contributed by atoms with van der Waals surface area (Å²) in [6, 6.07) is 3.00. The zero-order chi connectivity index (χ0) is 16.0. The number of amides is 2. The number of methoxy groups -OCH3 is 2. The van der Waals surface area contributed by atoms with Crippen molar-refractivity contribution in [3.63, 3.8) is 0 Å². The van der Waals surface area contributed by atoms with Crippen molar-refractivity contribution >= 4 is 23.3 Å². The molecule has 116 valence electrons. The fourth-order valence-corrected chi connectivity index (χ4v) is 2.05. The van der Waals surface area contributed by atoms with Gasteiger partial charge in [-0.3, -0.25) is 0 Å². The van der Waals surface area contributed by atoms with Crippen LogP contribution in [0.1, 0.15) is 13.8 Å². The first-order valence-corrected chi connectivity index (χ1v) is 6.92. The minimum absolute atomic E-state index is 0.236. The summed E-state index contributed by atoms with van der Waals surface area (Å²) in [6.45, 7) is 8.67. The molecule has 0 aromatic heterocycles. The maximum Gasteiger partial charge on any atom is 0.322 e. The van der Waals surface area contributed by atoms with Gasteiger partial charge in [0, 0.05) is 19.2 Å². The Morgan fingerprint density at radius 2 is 1.95 bits per heavy atom. The second-order valence-electron chi connectivity index (χ2n) is 4.59. The summed E-state index contributed by atoms with van der Waals surface area (Å²) in [7, 11) is 3.04. The van der Waals surface area contributed by atoms with E-state index in [1.54, 1.807) is 17.0 Å². The van der Waals surface area contributed by atoms with E-state index in [9.17, 15) is 4.79 Å². The topological polar surface area (TPSA) is 50.8 Å². The molecule has 0 atom stereocenters. The van der Waals surface area contributed by atoms with Gasteiger partial charge in [-0.05, 0) is 19.9 Å². The molecule has 2 amide bonds. The number of benzene rings is 1. The van der Waals surface area contributed by atoms with E-state index in [1.807, 2.05) is 13.8 Å². The Morgan fingerprint density at radius 1 is 1.33 bits per heavy atom. The van der Waals surface area contributed by atoms with Crippen LogP contribution in [0, 0.1) is 0 Å². The molecule has 0 spiro atoms. The van der Waals surface area contributed by atoms with Gasteiger partial charge in [0.1, 0.15) is 11.5 Å². The van der Waals surface area contributed by atoms with Gasteiger partial charge >= 0.3 is 6.03 Å². The van der Waals surface area contributed by atoms with Crippen LogP contribution in [0.5, 0.6) is 11.5 Å². The number of nitrogens with zero attached hydrogens (tertiary/aromatic N) is 1. The van der Waals surface area contributed by atoms with Crippen LogP contribution >= 0.6 is 11.6 Å². The third kappa shape index (κ3) is 4.56. The molecule has 0 fully saturated rings. The average molecular weight is 313 g/mol. The zero-order valence-electron chi connectivity index (χ0n) is 12.8. The van der Waals surface area contributed by atoms with E-state index < -0.39 is 0 Å². The normalized spacial score (nSPS) is 9.95. The lowest BCUT2D eigenvalue weighted by Gasteiger charge is -2.22. The molecule has 5 nitrogen and oxygen atoms in total. The zero-order valence-corrected chi connectivity index (χ0v) is 13.6. The Bertz CT molecular complexity index is 532. The smallest absolute Gasteiger partial charge is 0.322 e. The van der Waals surface area contributed by atoms with E-state index >= 15 is 0 Å². The fraction of sp³-hybridized carbons (Fsp3) is 0.400. The highest BCUT2D eigenvalue weighted by Crippen LogP contribution is 2.35. The van der Waals surface area contributed by atoms with Gasteiger partial charge in [0.05, 0.1) is 24.9 Å². The Labute approximate surface area is 130 Å². The van der Waals surface area contributed by atoms with Gasteiger partial charge < -0.3 is 19.7 Å². The molecular weight excluding hydrogens is 292 g/mol. The first-order valence-electron chi connectivity index (χ1n) is 6.54. The lowest BCUT2D eigenvalue weighted by molar-refractivity contribution is 0.218. The van der Waals surface area contributed by atoms with Crippen LogP contribution in [0.4, 0.5) is 10.5 Å². The SMILES string of the molecule is C=C(C)CN(CC)C(=O)Nc1cc(Cl)c(OC)cc1OC. The third-order valence-corrected chi connectivity index (χ3v) is 3.14. The molecule has 0 saturated carbocycles. The number of nitrogens with one attached hydrogen (secondary N) is 1. The third-order valence-electron chi connectivity index (χ3n) is 2.85. The number of carbonyl (C=O) groups excluding carboxylic acids is 1. The van der Waals surface area contributed by atoms with Crippen LogP contribution in [-0.4, -0.2) is 38.2 Å². The summed E-state index contributed by atoms with van der Waals surface area (Å²) in [5, 5.41) is 3.19. The fourth-order valence-electron chi connectivity index (χ4n) is 1.81. The highest BCUT2D eigenvalue weighted by atomic mass is 35.5. The molecular formula is C15H21ClN2O3. The van der Waals surface area contributed by atoms with Gasteiger partial charge in [0.25, 0.3) is 0 Å². The molecule has 0 bridgehead atoms. The van der Waals surface area contributed by atoms with Gasteiger partial charge in [0.2, 0.25) is 0 Å². The highest BCUT2D eigenvalue weighted by Gasteiger charge is 2.16. The number of urea groups is 1. The molecule has 0 aliphatic heterocycles. The van der Waals surface area contributed by atoms with Gasteiger partial charge in [-0.2, -0.15) is 0 Å². The number of rotatable bonds is 6. The average Bonchev–Trinajstić information content (AvgIpc) is 2.44. The first-order chi connectivity index (χ1) is 9.92. The van der Waals surface area contributed by atoms with Gasteiger partial charge in [0.15, 0.2) is 0 Å². The summed E-state index contributed by atoms with van der Waals surface area (Å²) < 4.78 is 10.4. The molecule has 1 aromatic carbocycles. The van der Waals surface area contributed by atoms with Gasteiger partial charge in [-0.25, -0.2) is 4.79 Å². The Morgan fingerprint density at radius 3 is 2.43 bits per heavy atom. The van der Waals surface area contributed by atoms with Crippen molar-refractivity contribution in [3.05, 3.63) is 29.3 Å². The maximum atomic E-state index is 12.3.